The molecule has 1 N–H and O–H groups in total. The van der Waals surface area contributed by atoms with E-state index in [1.165, 1.54) is 4.31 Å². The molecule has 4 nitrogen and oxygen atoms in total. The Hall–Kier alpha value is -1.07. The molecule has 0 aliphatic carbocycles. The second-order valence-electron chi connectivity index (χ2n) is 4.73. The minimum atomic E-state index is -3.25. The molecular formula is C12H16N2O2S. The number of hydrogen-bond donors (Lipinski definition) is 1. The molecule has 2 heterocycles. The summed E-state index contributed by atoms with van der Waals surface area (Å²) in [5.74, 6) is 0. The Balaban J connectivity index is 2.26. The summed E-state index contributed by atoms with van der Waals surface area (Å²) in [7, 11) is -1.60. The molecule has 0 unspecified atom stereocenters. The van der Waals surface area contributed by atoms with Gasteiger partial charge >= 0.3 is 0 Å². The van der Waals surface area contributed by atoms with Crippen molar-refractivity contribution in [3.63, 3.8) is 0 Å². The molecule has 0 radical (unpaired) electrons. The van der Waals surface area contributed by atoms with Gasteiger partial charge in [-0.15, -0.1) is 0 Å². The van der Waals surface area contributed by atoms with Crippen molar-refractivity contribution in [1.82, 2.24) is 5.32 Å². The van der Waals surface area contributed by atoms with Crippen LogP contribution in [0.2, 0.25) is 0 Å². The van der Waals surface area contributed by atoms with Crippen molar-refractivity contribution in [3.05, 3.63) is 29.8 Å². The Kier molecular flexibility index (Phi) is 2.25. The van der Waals surface area contributed by atoms with Crippen LogP contribution in [0.5, 0.6) is 0 Å². The first kappa shape index (κ1) is 11.0. The average Bonchev–Trinajstić information content (AvgIpc) is 2.52. The standard InChI is InChI=1S/C12H16N2O2S/c1-14-11-5-3-2-4-10(11)12(17(14,15)16)6-8-13-9-7-12/h2-5,13H,6-9H2,1H3. The van der Waals surface area contributed by atoms with Crippen molar-refractivity contribution < 1.29 is 8.42 Å². The van der Waals surface area contributed by atoms with Gasteiger partial charge in [-0.2, -0.15) is 0 Å². The highest BCUT2D eigenvalue weighted by atomic mass is 32.2. The average molecular weight is 252 g/mol. The molecule has 5 heteroatoms. The number of piperidine rings is 1. The summed E-state index contributed by atoms with van der Waals surface area (Å²) in [4.78, 5) is 0. The first-order valence-electron chi connectivity index (χ1n) is 5.88. The van der Waals surface area contributed by atoms with E-state index in [9.17, 15) is 8.42 Å². The smallest absolute Gasteiger partial charge is 0.245 e. The van der Waals surface area contributed by atoms with Gasteiger partial charge in [0, 0.05) is 7.05 Å². The lowest BCUT2D eigenvalue weighted by atomic mass is 9.88. The van der Waals surface area contributed by atoms with Crippen LogP contribution in [0.25, 0.3) is 0 Å². The maximum atomic E-state index is 12.6. The lowest BCUT2D eigenvalue weighted by Crippen LogP contribution is -2.46. The molecule has 0 aromatic heterocycles. The fraction of sp³-hybridized carbons (Fsp3) is 0.500. The van der Waals surface area contributed by atoms with Gasteiger partial charge in [0.25, 0.3) is 0 Å². The van der Waals surface area contributed by atoms with Gasteiger partial charge in [0.15, 0.2) is 0 Å². The zero-order valence-electron chi connectivity index (χ0n) is 9.81. The van der Waals surface area contributed by atoms with Crippen molar-refractivity contribution in [2.75, 3.05) is 24.4 Å². The van der Waals surface area contributed by atoms with Gasteiger partial charge in [0.1, 0.15) is 4.75 Å². The quantitative estimate of drug-likeness (QED) is 0.750. The first-order valence-corrected chi connectivity index (χ1v) is 7.32. The Morgan fingerprint density at radius 2 is 1.88 bits per heavy atom. The third-order valence-corrected chi connectivity index (χ3v) is 6.53. The van der Waals surface area contributed by atoms with Gasteiger partial charge < -0.3 is 5.32 Å². The normalized spacial score (nSPS) is 24.9. The van der Waals surface area contributed by atoms with Crippen molar-refractivity contribution in [2.45, 2.75) is 17.6 Å². The fourth-order valence-corrected chi connectivity index (χ4v) is 5.13. The first-order chi connectivity index (χ1) is 8.09. The number of nitrogens with one attached hydrogen (secondary N) is 1. The highest BCUT2D eigenvalue weighted by Gasteiger charge is 2.54. The molecule has 0 bridgehead atoms. The molecule has 0 saturated carbocycles. The number of nitrogens with zero attached hydrogens (tertiary/aromatic N) is 1. The fourth-order valence-electron chi connectivity index (χ4n) is 3.02. The van der Waals surface area contributed by atoms with Gasteiger partial charge in [-0.25, -0.2) is 8.42 Å². The van der Waals surface area contributed by atoms with Crippen molar-refractivity contribution in [2.24, 2.45) is 0 Å². The number of anilines is 1. The number of hydrogen-bond acceptors (Lipinski definition) is 3. The number of rotatable bonds is 0. The van der Waals surface area contributed by atoms with Crippen LogP contribution in [-0.2, 0) is 14.8 Å². The molecule has 92 valence electrons. The number of fused-ring (bicyclic) bond motifs is 2. The maximum Gasteiger partial charge on any atom is 0.245 e. The third kappa shape index (κ3) is 1.24. The Bertz CT molecular complexity index is 547. The van der Waals surface area contributed by atoms with Crippen LogP contribution in [0, 0.1) is 0 Å². The van der Waals surface area contributed by atoms with Crippen LogP contribution in [0.1, 0.15) is 18.4 Å². The molecule has 1 saturated heterocycles. The Morgan fingerprint density at radius 3 is 2.59 bits per heavy atom. The second kappa shape index (κ2) is 3.46. The van der Waals surface area contributed by atoms with Gasteiger partial charge in [-0.1, -0.05) is 18.2 Å². The molecule has 0 amide bonds. The molecule has 3 rings (SSSR count). The highest BCUT2D eigenvalue weighted by molar-refractivity contribution is 7.94. The van der Waals surface area contributed by atoms with Crippen LogP contribution in [-0.4, -0.2) is 28.6 Å². The SMILES string of the molecule is CN1c2ccccc2C2(CCNCC2)S1(=O)=O. The summed E-state index contributed by atoms with van der Waals surface area (Å²) in [6, 6.07) is 7.67. The van der Waals surface area contributed by atoms with Crippen molar-refractivity contribution >= 4 is 15.7 Å². The molecular weight excluding hydrogens is 236 g/mol. The topological polar surface area (TPSA) is 49.4 Å². The van der Waals surface area contributed by atoms with Crippen LogP contribution in [0.3, 0.4) is 0 Å². The molecule has 0 atom stereocenters. The largest absolute Gasteiger partial charge is 0.317 e. The van der Waals surface area contributed by atoms with Crippen LogP contribution >= 0.6 is 0 Å². The zero-order chi connectivity index (χ0) is 12.1. The van der Waals surface area contributed by atoms with E-state index in [-0.39, 0.29) is 0 Å². The summed E-state index contributed by atoms with van der Waals surface area (Å²) in [6.45, 7) is 1.53. The van der Waals surface area contributed by atoms with Gasteiger partial charge in [0.2, 0.25) is 10.0 Å². The molecule has 17 heavy (non-hydrogen) atoms. The number of para-hydroxylation sites is 1. The predicted molar refractivity (Wildman–Crippen MR) is 67.5 cm³/mol. The zero-order valence-corrected chi connectivity index (χ0v) is 10.6. The van der Waals surface area contributed by atoms with Gasteiger partial charge in [-0.05, 0) is 37.6 Å². The van der Waals surface area contributed by atoms with Crippen LogP contribution in [0.15, 0.2) is 24.3 Å². The van der Waals surface area contributed by atoms with E-state index in [0.717, 1.165) is 24.3 Å². The molecule has 1 aromatic carbocycles. The van der Waals surface area contributed by atoms with Crippen LogP contribution in [0.4, 0.5) is 5.69 Å². The van der Waals surface area contributed by atoms with E-state index in [4.69, 9.17) is 0 Å². The number of benzene rings is 1. The van der Waals surface area contributed by atoms with Crippen molar-refractivity contribution in [1.29, 1.82) is 0 Å². The van der Waals surface area contributed by atoms with E-state index < -0.39 is 14.8 Å². The molecule has 2 aliphatic heterocycles. The predicted octanol–water partition coefficient (Wildman–Crippen LogP) is 1.04. The minimum Gasteiger partial charge on any atom is -0.317 e. The number of sulfonamides is 1. The Labute approximate surface area is 102 Å². The molecule has 1 spiro atoms. The van der Waals surface area contributed by atoms with E-state index in [1.54, 1.807) is 7.05 Å². The minimum absolute atomic E-state index is 0.663. The summed E-state index contributed by atoms with van der Waals surface area (Å²) < 4.78 is 26.0. The second-order valence-corrected chi connectivity index (χ2v) is 7.01. The lowest BCUT2D eigenvalue weighted by Gasteiger charge is -2.33. The summed E-state index contributed by atoms with van der Waals surface area (Å²) in [5, 5.41) is 3.24. The van der Waals surface area contributed by atoms with E-state index in [0.29, 0.717) is 12.8 Å². The van der Waals surface area contributed by atoms with E-state index >= 15 is 0 Å². The van der Waals surface area contributed by atoms with E-state index in [1.807, 2.05) is 24.3 Å². The van der Waals surface area contributed by atoms with Crippen molar-refractivity contribution in [3.8, 4) is 0 Å². The van der Waals surface area contributed by atoms with Crippen LogP contribution < -0.4 is 9.62 Å². The lowest BCUT2D eigenvalue weighted by molar-refractivity contribution is 0.401. The summed E-state index contributed by atoms with van der Waals surface area (Å²) in [6.07, 6.45) is 1.33. The Morgan fingerprint density at radius 1 is 1.24 bits per heavy atom. The van der Waals surface area contributed by atoms with E-state index in [2.05, 4.69) is 5.32 Å². The molecule has 2 aliphatic rings. The highest BCUT2D eigenvalue weighted by Crippen LogP contribution is 2.50. The third-order valence-electron chi connectivity index (χ3n) is 4.00. The molecule has 1 fully saturated rings. The summed E-state index contributed by atoms with van der Waals surface area (Å²) in [5.41, 5.74) is 1.82. The monoisotopic (exact) mass is 252 g/mol. The van der Waals surface area contributed by atoms with Gasteiger partial charge in [0.05, 0.1) is 5.69 Å². The maximum absolute atomic E-state index is 12.6. The summed E-state index contributed by atoms with van der Waals surface area (Å²) >= 11 is 0. The molecule has 1 aromatic rings. The van der Waals surface area contributed by atoms with Gasteiger partial charge in [-0.3, -0.25) is 4.31 Å².